The van der Waals surface area contributed by atoms with Crippen molar-refractivity contribution in [3.8, 4) is 11.5 Å². The molecule has 3 aromatic rings. The van der Waals surface area contributed by atoms with Crippen LogP contribution in [-0.4, -0.2) is 63.0 Å². The Bertz CT molecular complexity index is 1270. The molecule has 1 amide bonds. The highest BCUT2D eigenvalue weighted by atomic mass is 32.2. The van der Waals surface area contributed by atoms with Gasteiger partial charge in [-0.25, -0.2) is 8.42 Å². The molecular formula is C23H23N3O5S. The molecular weight excluding hydrogens is 430 g/mol. The molecule has 0 saturated carbocycles. The van der Waals surface area contributed by atoms with E-state index in [0.29, 0.717) is 48.3 Å². The van der Waals surface area contributed by atoms with Crippen molar-refractivity contribution < 1.29 is 22.7 Å². The van der Waals surface area contributed by atoms with Gasteiger partial charge in [-0.15, -0.1) is 0 Å². The van der Waals surface area contributed by atoms with Gasteiger partial charge in [0, 0.05) is 37.9 Å². The quantitative estimate of drug-likeness (QED) is 0.639. The monoisotopic (exact) mass is 453 g/mol. The second kappa shape index (κ2) is 8.42. The molecule has 0 aliphatic carbocycles. The zero-order chi connectivity index (χ0) is 22.1. The van der Waals surface area contributed by atoms with Gasteiger partial charge in [-0.2, -0.15) is 4.31 Å². The van der Waals surface area contributed by atoms with Crippen molar-refractivity contribution in [3.05, 3.63) is 60.7 Å². The van der Waals surface area contributed by atoms with E-state index in [1.54, 1.807) is 30.3 Å². The Hall–Kier alpha value is -3.14. The van der Waals surface area contributed by atoms with E-state index in [4.69, 9.17) is 9.47 Å². The predicted molar refractivity (Wildman–Crippen MR) is 120 cm³/mol. The molecule has 0 spiro atoms. The first-order valence-corrected chi connectivity index (χ1v) is 11.8. The molecule has 0 unspecified atom stereocenters. The number of carbonyl (C=O) groups is 1. The van der Waals surface area contributed by atoms with Crippen molar-refractivity contribution in [1.29, 1.82) is 0 Å². The van der Waals surface area contributed by atoms with Crippen molar-refractivity contribution in [3.63, 3.8) is 0 Å². The predicted octanol–water partition coefficient (Wildman–Crippen LogP) is 2.51. The van der Waals surface area contributed by atoms with Crippen molar-refractivity contribution >= 4 is 32.4 Å². The number of fused-ring (bicyclic) bond motifs is 2. The highest BCUT2D eigenvalue weighted by Crippen LogP contribution is 2.34. The first-order chi connectivity index (χ1) is 15.5. The molecule has 0 radical (unpaired) electrons. The molecule has 9 heteroatoms. The number of hydrogen-bond acceptors (Lipinski definition) is 6. The van der Waals surface area contributed by atoms with Crippen LogP contribution in [0.15, 0.2) is 65.6 Å². The minimum atomic E-state index is -3.58. The molecule has 1 fully saturated rings. The minimum absolute atomic E-state index is 0.158. The second-order valence-electron chi connectivity index (χ2n) is 7.81. The Kier molecular flexibility index (Phi) is 5.46. The SMILES string of the molecule is O=C(CN1CCN(S(=O)(=O)c2ccc3ccccc3c2)CC1)Nc1ccc2c(c1)OCO2. The standard InChI is InChI=1S/C23H23N3O5S/c27-23(24-19-6-8-21-22(14-19)31-16-30-21)15-25-9-11-26(12-10-25)32(28,29)20-7-5-17-3-1-2-4-18(17)13-20/h1-8,13-14H,9-12,15-16H2,(H,24,27). The molecule has 1 N–H and O–H groups in total. The molecule has 2 heterocycles. The number of amides is 1. The number of anilines is 1. The maximum atomic E-state index is 13.1. The molecule has 0 bridgehead atoms. The number of sulfonamides is 1. The van der Waals surface area contributed by atoms with Crippen LogP contribution in [0, 0.1) is 0 Å². The number of carbonyl (C=O) groups excluding carboxylic acids is 1. The Labute approximate surface area is 186 Å². The molecule has 2 aliphatic rings. The first-order valence-electron chi connectivity index (χ1n) is 10.4. The van der Waals surface area contributed by atoms with Gasteiger partial charge in [0.05, 0.1) is 11.4 Å². The Morgan fingerprint density at radius 1 is 0.875 bits per heavy atom. The number of nitrogens with one attached hydrogen (secondary N) is 1. The van der Waals surface area contributed by atoms with E-state index in [1.165, 1.54) is 4.31 Å². The van der Waals surface area contributed by atoms with Gasteiger partial charge in [0.2, 0.25) is 22.7 Å². The summed E-state index contributed by atoms with van der Waals surface area (Å²) in [5.41, 5.74) is 0.636. The van der Waals surface area contributed by atoms with Crippen molar-refractivity contribution in [2.45, 2.75) is 4.90 Å². The van der Waals surface area contributed by atoms with Crippen molar-refractivity contribution in [2.75, 3.05) is 44.8 Å². The molecule has 3 aromatic carbocycles. The number of nitrogens with zero attached hydrogens (tertiary/aromatic N) is 2. The summed E-state index contributed by atoms with van der Waals surface area (Å²) in [5.74, 6) is 1.11. The summed E-state index contributed by atoms with van der Waals surface area (Å²) in [6.45, 7) is 2.03. The van der Waals surface area contributed by atoms with Crippen LogP contribution in [0.5, 0.6) is 11.5 Å². The molecule has 2 aliphatic heterocycles. The maximum Gasteiger partial charge on any atom is 0.243 e. The van der Waals surface area contributed by atoms with E-state index in [-0.39, 0.29) is 19.2 Å². The average Bonchev–Trinajstić information content (AvgIpc) is 3.27. The van der Waals surface area contributed by atoms with Gasteiger partial charge in [-0.3, -0.25) is 9.69 Å². The summed E-state index contributed by atoms with van der Waals surface area (Å²) >= 11 is 0. The molecule has 0 atom stereocenters. The van der Waals surface area contributed by atoms with Crippen LogP contribution in [0.3, 0.4) is 0 Å². The molecule has 166 valence electrons. The fourth-order valence-electron chi connectivity index (χ4n) is 3.98. The van der Waals surface area contributed by atoms with Crippen LogP contribution in [-0.2, 0) is 14.8 Å². The van der Waals surface area contributed by atoms with E-state index < -0.39 is 10.0 Å². The summed E-state index contributed by atoms with van der Waals surface area (Å²) in [6, 6.07) is 18.1. The molecule has 5 rings (SSSR count). The Balaban J connectivity index is 1.18. The summed E-state index contributed by atoms with van der Waals surface area (Å²) in [7, 11) is -3.58. The van der Waals surface area contributed by atoms with Crippen molar-refractivity contribution in [1.82, 2.24) is 9.21 Å². The van der Waals surface area contributed by atoms with Crippen LogP contribution in [0.4, 0.5) is 5.69 Å². The van der Waals surface area contributed by atoms with Gasteiger partial charge >= 0.3 is 0 Å². The van der Waals surface area contributed by atoms with Crippen LogP contribution in [0.1, 0.15) is 0 Å². The van der Waals surface area contributed by atoms with E-state index >= 15 is 0 Å². The fraction of sp³-hybridized carbons (Fsp3) is 0.261. The normalized spacial score (nSPS) is 16.9. The number of rotatable bonds is 5. The highest BCUT2D eigenvalue weighted by Gasteiger charge is 2.29. The maximum absolute atomic E-state index is 13.1. The van der Waals surface area contributed by atoms with Crippen LogP contribution < -0.4 is 14.8 Å². The van der Waals surface area contributed by atoms with E-state index in [9.17, 15) is 13.2 Å². The van der Waals surface area contributed by atoms with Crippen LogP contribution in [0.2, 0.25) is 0 Å². The van der Waals surface area contributed by atoms with E-state index in [1.807, 2.05) is 35.2 Å². The third kappa shape index (κ3) is 4.14. The second-order valence-corrected chi connectivity index (χ2v) is 9.74. The summed E-state index contributed by atoms with van der Waals surface area (Å²) < 4.78 is 38.3. The third-order valence-electron chi connectivity index (χ3n) is 5.71. The minimum Gasteiger partial charge on any atom is -0.454 e. The summed E-state index contributed by atoms with van der Waals surface area (Å²) in [5, 5.41) is 4.76. The van der Waals surface area contributed by atoms with E-state index in [2.05, 4.69) is 5.32 Å². The highest BCUT2D eigenvalue weighted by molar-refractivity contribution is 7.89. The Morgan fingerprint density at radius 3 is 2.44 bits per heavy atom. The van der Waals surface area contributed by atoms with Gasteiger partial charge in [0.15, 0.2) is 11.5 Å². The zero-order valence-corrected chi connectivity index (χ0v) is 18.2. The lowest BCUT2D eigenvalue weighted by Crippen LogP contribution is -2.50. The molecule has 8 nitrogen and oxygen atoms in total. The first kappa shape index (κ1) is 20.7. The fourth-order valence-corrected chi connectivity index (χ4v) is 5.44. The number of benzene rings is 3. The summed E-state index contributed by atoms with van der Waals surface area (Å²) in [4.78, 5) is 14.7. The largest absolute Gasteiger partial charge is 0.454 e. The number of ether oxygens (including phenoxy) is 2. The molecule has 1 saturated heterocycles. The topological polar surface area (TPSA) is 88.2 Å². The lowest BCUT2D eigenvalue weighted by atomic mass is 10.1. The van der Waals surface area contributed by atoms with Gasteiger partial charge in [0.1, 0.15) is 0 Å². The zero-order valence-electron chi connectivity index (χ0n) is 17.4. The molecule has 0 aromatic heterocycles. The third-order valence-corrected chi connectivity index (χ3v) is 7.61. The van der Waals surface area contributed by atoms with Crippen LogP contribution in [0.25, 0.3) is 10.8 Å². The van der Waals surface area contributed by atoms with Gasteiger partial charge in [0.25, 0.3) is 0 Å². The smallest absolute Gasteiger partial charge is 0.243 e. The van der Waals surface area contributed by atoms with Crippen molar-refractivity contribution in [2.24, 2.45) is 0 Å². The molecule has 32 heavy (non-hydrogen) atoms. The van der Waals surface area contributed by atoms with Gasteiger partial charge in [-0.1, -0.05) is 30.3 Å². The number of piperazine rings is 1. The van der Waals surface area contributed by atoms with Gasteiger partial charge in [-0.05, 0) is 35.0 Å². The Morgan fingerprint density at radius 2 is 1.62 bits per heavy atom. The van der Waals surface area contributed by atoms with Gasteiger partial charge < -0.3 is 14.8 Å². The van der Waals surface area contributed by atoms with Crippen LogP contribution >= 0.6 is 0 Å². The average molecular weight is 454 g/mol. The lowest BCUT2D eigenvalue weighted by molar-refractivity contribution is -0.117. The summed E-state index contributed by atoms with van der Waals surface area (Å²) in [6.07, 6.45) is 0. The lowest BCUT2D eigenvalue weighted by Gasteiger charge is -2.33. The van der Waals surface area contributed by atoms with E-state index in [0.717, 1.165) is 10.8 Å². The number of hydrogen-bond donors (Lipinski definition) is 1.